The summed E-state index contributed by atoms with van der Waals surface area (Å²) in [6.45, 7) is 8.02. The van der Waals surface area contributed by atoms with Gasteiger partial charge in [-0.15, -0.1) is 0 Å². The summed E-state index contributed by atoms with van der Waals surface area (Å²) >= 11 is 2.09. The predicted octanol–water partition coefficient (Wildman–Crippen LogP) is 2.45. The van der Waals surface area contributed by atoms with Crippen LogP contribution in [0.3, 0.4) is 0 Å². The van der Waals surface area contributed by atoms with Crippen molar-refractivity contribution in [2.24, 2.45) is 0 Å². The van der Waals surface area contributed by atoms with E-state index in [0.29, 0.717) is 0 Å². The summed E-state index contributed by atoms with van der Waals surface area (Å²) in [4.78, 5) is 6.89. The van der Waals surface area contributed by atoms with Crippen LogP contribution in [0.1, 0.15) is 19.4 Å². The molecule has 1 saturated heterocycles. The third kappa shape index (κ3) is 3.61. The van der Waals surface area contributed by atoms with Crippen LogP contribution in [0.15, 0.2) is 18.3 Å². The first-order valence-corrected chi connectivity index (χ1v) is 7.12. The van der Waals surface area contributed by atoms with Crippen molar-refractivity contribution in [1.82, 2.24) is 9.88 Å². The van der Waals surface area contributed by atoms with Gasteiger partial charge in [-0.05, 0) is 11.6 Å². The summed E-state index contributed by atoms with van der Waals surface area (Å²) in [5, 5.41) is 4.52. The highest BCUT2D eigenvalue weighted by Crippen LogP contribution is 2.25. The van der Waals surface area contributed by atoms with Gasteiger partial charge in [0.25, 0.3) is 0 Å². The number of aromatic nitrogens is 1. The van der Waals surface area contributed by atoms with Crippen LogP contribution in [0.5, 0.6) is 0 Å². The molecule has 3 nitrogen and oxygen atoms in total. The van der Waals surface area contributed by atoms with Gasteiger partial charge < -0.3 is 5.32 Å². The quantitative estimate of drug-likeness (QED) is 0.893. The van der Waals surface area contributed by atoms with Gasteiger partial charge in [0.05, 0.1) is 0 Å². The zero-order chi connectivity index (χ0) is 12.3. The zero-order valence-electron chi connectivity index (χ0n) is 10.8. The highest BCUT2D eigenvalue weighted by atomic mass is 32.2. The zero-order valence-corrected chi connectivity index (χ0v) is 11.6. The smallest absolute Gasteiger partial charge is 0.125 e. The molecule has 0 spiro atoms. The van der Waals surface area contributed by atoms with Gasteiger partial charge in [0.2, 0.25) is 0 Å². The average molecular weight is 251 g/mol. The fraction of sp³-hybridized carbons (Fsp3) is 0.615. The molecular weight excluding hydrogens is 230 g/mol. The Bertz CT molecular complexity index is 342. The molecule has 0 amide bonds. The van der Waals surface area contributed by atoms with E-state index in [4.69, 9.17) is 0 Å². The fourth-order valence-electron chi connectivity index (χ4n) is 2.34. The second-order valence-corrected chi connectivity index (χ2v) is 6.63. The molecular formula is C13H21N3S. The molecule has 0 aliphatic carbocycles. The summed E-state index contributed by atoms with van der Waals surface area (Å²) in [6.07, 6.45) is 1.98. The highest BCUT2D eigenvalue weighted by Gasteiger charge is 2.21. The van der Waals surface area contributed by atoms with E-state index < -0.39 is 0 Å². The lowest BCUT2D eigenvalue weighted by Crippen LogP contribution is -2.39. The van der Waals surface area contributed by atoms with Crippen LogP contribution in [-0.2, 0) is 6.54 Å². The topological polar surface area (TPSA) is 28.2 Å². The molecule has 2 unspecified atom stereocenters. The summed E-state index contributed by atoms with van der Waals surface area (Å²) in [5.74, 6) is 0.935. The number of hydrogen-bond acceptors (Lipinski definition) is 4. The highest BCUT2D eigenvalue weighted by molar-refractivity contribution is 8.00. The molecule has 1 aliphatic heterocycles. The van der Waals surface area contributed by atoms with Crippen LogP contribution in [-0.4, -0.2) is 40.5 Å². The molecule has 17 heavy (non-hydrogen) atoms. The molecule has 94 valence electrons. The Hall–Kier alpha value is -0.740. The van der Waals surface area contributed by atoms with Gasteiger partial charge in [-0.1, -0.05) is 19.9 Å². The maximum atomic E-state index is 4.36. The van der Waals surface area contributed by atoms with E-state index in [9.17, 15) is 0 Å². The molecule has 4 heteroatoms. The van der Waals surface area contributed by atoms with Crippen molar-refractivity contribution in [3.05, 3.63) is 23.9 Å². The first-order valence-electron chi connectivity index (χ1n) is 6.18. The van der Waals surface area contributed by atoms with Gasteiger partial charge in [-0.3, -0.25) is 4.90 Å². The Kier molecular flexibility index (Phi) is 4.29. The number of pyridine rings is 1. The van der Waals surface area contributed by atoms with Gasteiger partial charge in [-0.2, -0.15) is 11.8 Å². The molecule has 2 heterocycles. The molecule has 0 saturated carbocycles. The van der Waals surface area contributed by atoms with Crippen molar-refractivity contribution in [3.8, 4) is 0 Å². The van der Waals surface area contributed by atoms with Crippen molar-refractivity contribution >= 4 is 17.6 Å². The second-order valence-electron chi connectivity index (χ2n) is 4.75. The van der Waals surface area contributed by atoms with Gasteiger partial charge in [0.1, 0.15) is 5.82 Å². The Morgan fingerprint density at radius 1 is 1.35 bits per heavy atom. The average Bonchev–Trinajstić information content (AvgIpc) is 2.28. The van der Waals surface area contributed by atoms with Crippen LogP contribution < -0.4 is 5.32 Å². The van der Waals surface area contributed by atoms with Gasteiger partial charge in [0, 0.05) is 43.4 Å². The van der Waals surface area contributed by atoms with Crippen molar-refractivity contribution in [2.45, 2.75) is 30.9 Å². The Balaban J connectivity index is 1.95. The van der Waals surface area contributed by atoms with Crippen molar-refractivity contribution in [3.63, 3.8) is 0 Å². The van der Waals surface area contributed by atoms with E-state index in [-0.39, 0.29) is 0 Å². The molecule has 0 radical (unpaired) electrons. The van der Waals surface area contributed by atoms with E-state index in [1.165, 1.54) is 18.7 Å². The molecule has 0 bridgehead atoms. The number of hydrogen-bond donors (Lipinski definition) is 1. The van der Waals surface area contributed by atoms with E-state index in [0.717, 1.165) is 22.9 Å². The standard InChI is InChI=1S/C13H21N3S/c1-10-7-16(8-11(2)17-10)9-12-4-5-13(14-3)15-6-12/h4-6,10-11H,7-9H2,1-3H3,(H,14,15). The van der Waals surface area contributed by atoms with E-state index in [1.807, 2.05) is 19.3 Å². The van der Waals surface area contributed by atoms with Crippen LogP contribution in [0.25, 0.3) is 0 Å². The summed E-state index contributed by atoms with van der Waals surface area (Å²) in [7, 11) is 1.90. The summed E-state index contributed by atoms with van der Waals surface area (Å²) in [6, 6.07) is 4.21. The maximum absolute atomic E-state index is 4.36. The normalized spacial score (nSPS) is 25.8. The fourth-order valence-corrected chi connectivity index (χ4v) is 3.72. The van der Waals surface area contributed by atoms with Crippen LogP contribution in [0, 0.1) is 0 Å². The number of anilines is 1. The molecule has 2 atom stereocenters. The largest absolute Gasteiger partial charge is 0.373 e. The van der Waals surface area contributed by atoms with E-state index >= 15 is 0 Å². The number of nitrogens with one attached hydrogen (secondary N) is 1. The Morgan fingerprint density at radius 3 is 2.59 bits per heavy atom. The first kappa shape index (κ1) is 12.7. The van der Waals surface area contributed by atoms with E-state index in [2.05, 4.69) is 46.9 Å². The minimum Gasteiger partial charge on any atom is -0.373 e. The first-order chi connectivity index (χ1) is 8.17. The lowest BCUT2D eigenvalue weighted by Gasteiger charge is -2.34. The summed E-state index contributed by atoms with van der Waals surface area (Å²) < 4.78 is 0. The van der Waals surface area contributed by atoms with Crippen molar-refractivity contribution in [2.75, 3.05) is 25.5 Å². The number of rotatable bonds is 3. The minimum absolute atomic E-state index is 0.739. The minimum atomic E-state index is 0.739. The monoisotopic (exact) mass is 251 g/mol. The Morgan fingerprint density at radius 2 is 2.06 bits per heavy atom. The third-order valence-corrected chi connectivity index (χ3v) is 4.21. The van der Waals surface area contributed by atoms with Gasteiger partial charge in [0.15, 0.2) is 0 Å². The lowest BCUT2D eigenvalue weighted by molar-refractivity contribution is 0.262. The SMILES string of the molecule is CNc1ccc(CN2CC(C)SC(C)C2)cn1. The number of nitrogens with zero attached hydrogens (tertiary/aromatic N) is 2. The third-order valence-electron chi connectivity index (χ3n) is 2.98. The molecule has 1 aliphatic rings. The van der Waals surface area contributed by atoms with E-state index in [1.54, 1.807) is 0 Å². The molecule has 1 N–H and O–H groups in total. The number of thioether (sulfide) groups is 1. The summed E-state index contributed by atoms with van der Waals surface area (Å²) in [5.41, 5.74) is 1.30. The molecule has 0 aromatic carbocycles. The van der Waals surface area contributed by atoms with Crippen LogP contribution in [0.4, 0.5) is 5.82 Å². The second kappa shape index (κ2) is 5.74. The molecule has 2 rings (SSSR count). The van der Waals surface area contributed by atoms with Crippen LogP contribution in [0.2, 0.25) is 0 Å². The maximum Gasteiger partial charge on any atom is 0.125 e. The Labute approximate surface area is 108 Å². The van der Waals surface area contributed by atoms with Gasteiger partial charge in [-0.25, -0.2) is 4.98 Å². The lowest BCUT2D eigenvalue weighted by atomic mass is 10.2. The molecule has 1 aromatic rings. The molecule has 1 aromatic heterocycles. The predicted molar refractivity (Wildman–Crippen MR) is 75.6 cm³/mol. The molecule has 1 fully saturated rings. The van der Waals surface area contributed by atoms with Gasteiger partial charge >= 0.3 is 0 Å². The van der Waals surface area contributed by atoms with Crippen molar-refractivity contribution in [1.29, 1.82) is 0 Å². The van der Waals surface area contributed by atoms with Crippen molar-refractivity contribution < 1.29 is 0 Å². The van der Waals surface area contributed by atoms with Crippen LogP contribution >= 0.6 is 11.8 Å².